The molecule has 0 aliphatic heterocycles. The van der Waals surface area contributed by atoms with E-state index in [0.717, 1.165) is 18.1 Å². The topological polar surface area (TPSA) is 26.3 Å². The summed E-state index contributed by atoms with van der Waals surface area (Å²) in [6, 6.07) is 3.28. The summed E-state index contributed by atoms with van der Waals surface area (Å²) in [6.45, 7) is 6.40. The van der Waals surface area contributed by atoms with E-state index in [1.807, 2.05) is 0 Å². The molecule has 0 heterocycles. The summed E-state index contributed by atoms with van der Waals surface area (Å²) in [5, 5.41) is 0. The van der Waals surface area contributed by atoms with Gasteiger partial charge in [0.15, 0.2) is 0 Å². The normalized spacial score (nSPS) is 10.7. The van der Waals surface area contributed by atoms with Crippen LogP contribution in [0.15, 0.2) is 0 Å². The zero-order chi connectivity index (χ0) is 8.04. The number of rotatable bonds is 5. The van der Waals surface area contributed by atoms with Gasteiger partial charge < -0.3 is 0 Å². The van der Waals surface area contributed by atoms with E-state index in [1.54, 1.807) is 0 Å². The standard InChI is InChI=1S/C6H15OSi.Al.O/c1-4-8(7,5-2)6-3;;/h4-6H2,1-3H3;;/q-1;+1;. The van der Waals surface area contributed by atoms with Crippen molar-refractivity contribution in [2.75, 3.05) is 0 Å². The summed E-state index contributed by atoms with van der Waals surface area (Å²) < 4.78 is 15.7. The second-order valence-electron chi connectivity index (χ2n) is 2.46. The fourth-order valence-electron chi connectivity index (χ4n) is 1.10. The predicted octanol–water partition coefficient (Wildman–Crippen LogP) is 1.97. The molecule has 0 aromatic carbocycles. The summed E-state index contributed by atoms with van der Waals surface area (Å²) in [6.07, 6.45) is 0. The molecule has 0 radical (unpaired) electrons. The van der Waals surface area contributed by atoms with Crippen molar-refractivity contribution in [1.82, 2.24) is 0 Å². The molecule has 0 atom stereocenters. The van der Waals surface area contributed by atoms with Gasteiger partial charge in [0.05, 0.1) is 0 Å². The van der Waals surface area contributed by atoms with E-state index in [0.29, 0.717) is 0 Å². The molecule has 10 heavy (non-hydrogen) atoms. The van der Waals surface area contributed by atoms with Crippen molar-refractivity contribution in [1.29, 1.82) is 0 Å². The fourth-order valence-corrected chi connectivity index (χ4v) is 5.42. The van der Waals surface area contributed by atoms with E-state index in [9.17, 15) is 3.80 Å². The van der Waals surface area contributed by atoms with E-state index in [1.165, 1.54) is 0 Å². The fraction of sp³-hybridized carbons (Fsp3) is 1.00. The van der Waals surface area contributed by atoms with Crippen LogP contribution in [-0.2, 0) is 7.28 Å². The summed E-state index contributed by atoms with van der Waals surface area (Å²) >= 11 is -0.985. The summed E-state index contributed by atoms with van der Waals surface area (Å²) in [7, 11) is -1.49. The zero-order valence-electron chi connectivity index (χ0n) is 7.02. The van der Waals surface area contributed by atoms with Crippen molar-refractivity contribution in [3.8, 4) is 0 Å². The quantitative estimate of drug-likeness (QED) is 0.596. The summed E-state index contributed by atoms with van der Waals surface area (Å²) in [4.78, 5) is 0. The molecule has 4 heteroatoms. The SMILES string of the molecule is CC[Si](CC)(CC)[O][Al]=[O]. The third kappa shape index (κ3) is 2.53. The molecule has 0 aliphatic rings. The van der Waals surface area contributed by atoms with Crippen LogP contribution in [0.1, 0.15) is 20.8 Å². The van der Waals surface area contributed by atoms with Gasteiger partial charge >= 0.3 is 70.0 Å². The Balaban J connectivity index is 4.00. The van der Waals surface area contributed by atoms with Crippen molar-refractivity contribution < 1.29 is 7.28 Å². The van der Waals surface area contributed by atoms with Crippen LogP contribution in [0.4, 0.5) is 0 Å². The minimum atomic E-state index is -1.49. The average molecular weight is 174 g/mol. The molecule has 0 aliphatic carbocycles. The molecule has 0 amide bonds. The maximum atomic E-state index is 10.3. The number of hydrogen-bond acceptors (Lipinski definition) is 2. The third-order valence-electron chi connectivity index (χ3n) is 2.23. The van der Waals surface area contributed by atoms with Crippen molar-refractivity contribution in [3.63, 3.8) is 0 Å². The van der Waals surface area contributed by atoms with Crippen LogP contribution < -0.4 is 0 Å². The van der Waals surface area contributed by atoms with E-state index in [-0.39, 0.29) is 0 Å². The molecule has 0 aromatic rings. The molecule has 0 bridgehead atoms. The first-order valence-corrected chi connectivity index (χ1v) is 7.33. The van der Waals surface area contributed by atoms with Gasteiger partial charge in [0.1, 0.15) is 0 Å². The Labute approximate surface area is 70.4 Å². The Morgan fingerprint density at radius 1 is 1.20 bits per heavy atom. The molecule has 0 saturated carbocycles. The Kier molecular flexibility index (Phi) is 5.24. The van der Waals surface area contributed by atoms with Crippen LogP contribution in [0.2, 0.25) is 18.1 Å². The second-order valence-corrected chi connectivity index (χ2v) is 8.08. The van der Waals surface area contributed by atoms with Gasteiger partial charge in [-0.2, -0.15) is 0 Å². The first-order chi connectivity index (χ1) is 4.74. The molecule has 0 unspecified atom stereocenters. The monoisotopic (exact) mass is 174 g/mol. The molecule has 0 saturated heterocycles. The zero-order valence-corrected chi connectivity index (χ0v) is 9.17. The van der Waals surface area contributed by atoms with Crippen molar-refractivity contribution >= 4 is 23.8 Å². The molecule has 0 spiro atoms. The van der Waals surface area contributed by atoms with Crippen LogP contribution >= 0.6 is 0 Å². The number of hydrogen-bond donors (Lipinski definition) is 0. The van der Waals surface area contributed by atoms with Crippen LogP contribution in [0.3, 0.4) is 0 Å². The van der Waals surface area contributed by atoms with Crippen LogP contribution in [0.5, 0.6) is 0 Å². The summed E-state index contributed by atoms with van der Waals surface area (Å²) in [5.74, 6) is 0. The van der Waals surface area contributed by atoms with E-state index >= 15 is 0 Å². The molecule has 0 N–H and O–H groups in total. The van der Waals surface area contributed by atoms with Gasteiger partial charge in [-0.3, -0.25) is 0 Å². The van der Waals surface area contributed by atoms with E-state index in [4.69, 9.17) is 3.48 Å². The van der Waals surface area contributed by atoms with Crippen LogP contribution in [0, 0.1) is 0 Å². The molecule has 58 valence electrons. The van der Waals surface area contributed by atoms with Crippen molar-refractivity contribution in [3.05, 3.63) is 0 Å². The van der Waals surface area contributed by atoms with Crippen LogP contribution in [0.25, 0.3) is 0 Å². The van der Waals surface area contributed by atoms with Gasteiger partial charge in [-0.1, -0.05) is 0 Å². The minimum absolute atomic E-state index is 0.985. The molecular formula is C6H15AlO2Si. The van der Waals surface area contributed by atoms with Crippen molar-refractivity contribution in [2.45, 2.75) is 38.9 Å². The van der Waals surface area contributed by atoms with E-state index in [2.05, 4.69) is 20.8 Å². The summed E-state index contributed by atoms with van der Waals surface area (Å²) in [5.41, 5.74) is 0. The van der Waals surface area contributed by atoms with Crippen LogP contribution in [-0.4, -0.2) is 23.8 Å². The van der Waals surface area contributed by atoms with E-state index < -0.39 is 23.8 Å². The molecular weight excluding hydrogens is 159 g/mol. The Morgan fingerprint density at radius 2 is 1.60 bits per heavy atom. The maximum absolute atomic E-state index is 10.3. The Morgan fingerprint density at radius 3 is 1.70 bits per heavy atom. The van der Waals surface area contributed by atoms with Gasteiger partial charge in [-0.15, -0.1) is 0 Å². The van der Waals surface area contributed by atoms with Gasteiger partial charge in [0, 0.05) is 0 Å². The van der Waals surface area contributed by atoms with Gasteiger partial charge in [-0.05, 0) is 0 Å². The molecule has 2 nitrogen and oxygen atoms in total. The molecule has 0 fully saturated rings. The van der Waals surface area contributed by atoms with Gasteiger partial charge in [-0.25, -0.2) is 0 Å². The Hall–Kier alpha value is 0.349. The third-order valence-corrected chi connectivity index (χ3v) is 8.48. The Bertz CT molecular complexity index is 95.7. The predicted molar refractivity (Wildman–Crippen MR) is 44.7 cm³/mol. The van der Waals surface area contributed by atoms with Gasteiger partial charge in [0.2, 0.25) is 0 Å². The average Bonchev–Trinajstić information content (AvgIpc) is 2.01. The molecule has 0 aromatic heterocycles. The van der Waals surface area contributed by atoms with Crippen molar-refractivity contribution in [2.24, 2.45) is 0 Å². The molecule has 0 rings (SSSR count). The second kappa shape index (κ2) is 5.06. The first kappa shape index (κ1) is 10.3. The first-order valence-electron chi connectivity index (χ1n) is 3.86. The van der Waals surface area contributed by atoms with Gasteiger partial charge in [0.25, 0.3) is 0 Å².